The second-order valence-corrected chi connectivity index (χ2v) is 6.84. The predicted molar refractivity (Wildman–Crippen MR) is 89.9 cm³/mol. The Labute approximate surface area is 131 Å². The highest BCUT2D eigenvalue weighted by atomic mass is 32.1. The van der Waals surface area contributed by atoms with Crippen molar-refractivity contribution in [2.24, 2.45) is 5.92 Å². The quantitative estimate of drug-likeness (QED) is 0.768. The number of rotatable bonds is 7. The fourth-order valence-electron chi connectivity index (χ4n) is 2.79. The number of hydrogen-bond acceptors (Lipinski definition) is 3. The Morgan fingerprint density at radius 1 is 1.14 bits per heavy atom. The van der Waals surface area contributed by atoms with Gasteiger partial charge in [-0.1, -0.05) is 30.3 Å². The van der Waals surface area contributed by atoms with E-state index in [1.165, 1.54) is 41.4 Å². The molecule has 0 unspecified atom stereocenters. The van der Waals surface area contributed by atoms with Gasteiger partial charge in [0.25, 0.3) is 0 Å². The van der Waals surface area contributed by atoms with Gasteiger partial charge in [0.2, 0.25) is 0 Å². The topological polar surface area (TPSA) is 12.5 Å². The molecule has 0 radical (unpaired) electrons. The summed E-state index contributed by atoms with van der Waals surface area (Å²) in [4.78, 5) is 5.40. The van der Waals surface area contributed by atoms with Crippen LogP contribution in [-0.2, 0) is 11.2 Å². The molecule has 2 nitrogen and oxygen atoms in total. The van der Waals surface area contributed by atoms with E-state index < -0.39 is 0 Å². The van der Waals surface area contributed by atoms with Gasteiger partial charge in [-0.05, 0) is 31.0 Å². The van der Waals surface area contributed by atoms with Gasteiger partial charge in [0.15, 0.2) is 0 Å². The molecule has 3 heteroatoms. The fraction of sp³-hybridized carbons (Fsp3) is 0.444. The van der Waals surface area contributed by atoms with Crippen molar-refractivity contribution in [2.45, 2.75) is 13.3 Å². The lowest BCUT2D eigenvalue weighted by atomic mass is 10.0. The van der Waals surface area contributed by atoms with Gasteiger partial charge in [-0.2, -0.15) is 0 Å². The molecule has 1 aliphatic rings. The molecular formula is C18H23NOS. The second-order valence-electron chi connectivity index (χ2n) is 5.67. The first kappa shape index (κ1) is 14.8. The number of ether oxygens (including phenoxy) is 1. The van der Waals surface area contributed by atoms with Crippen LogP contribution in [0.4, 0.5) is 0 Å². The molecule has 0 spiro atoms. The monoisotopic (exact) mass is 301 g/mol. The highest BCUT2D eigenvalue weighted by molar-refractivity contribution is 7.15. The van der Waals surface area contributed by atoms with E-state index in [1.807, 2.05) is 11.3 Å². The maximum atomic E-state index is 5.48. The Morgan fingerprint density at radius 2 is 1.95 bits per heavy atom. The number of hydrogen-bond donors (Lipinski definition) is 0. The van der Waals surface area contributed by atoms with Crippen molar-refractivity contribution in [3.8, 4) is 10.4 Å². The summed E-state index contributed by atoms with van der Waals surface area (Å²) in [5.74, 6) is 0.758. The molecule has 2 heterocycles. The third kappa shape index (κ3) is 3.94. The number of thiophene rings is 1. The largest absolute Gasteiger partial charge is 0.381 e. The molecule has 0 atom stereocenters. The molecule has 0 N–H and O–H groups in total. The summed E-state index contributed by atoms with van der Waals surface area (Å²) in [6, 6.07) is 15.2. The summed E-state index contributed by atoms with van der Waals surface area (Å²) in [6.07, 6.45) is 1.17. The van der Waals surface area contributed by atoms with E-state index >= 15 is 0 Å². The molecule has 3 rings (SSSR count). The Morgan fingerprint density at radius 3 is 2.71 bits per heavy atom. The Balaban J connectivity index is 1.44. The molecule has 0 saturated carbocycles. The van der Waals surface area contributed by atoms with Crippen molar-refractivity contribution in [1.82, 2.24) is 4.90 Å². The van der Waals surface area contributed by atoms with Crippen LogP contribution in [-0.4, -0.2) is 37.7 Å². The maximum Gasteiger partial charge on any atom is 0.0518 e. The number of benzene rings is 1. The third-order valence-corrected chi connectivity index (χ3v) is 5.18. The summed E-state index contributed by atoms with van der Waals surface area (Å²) in [5.41, 5.74) is 1.33. The molecule has 1 aliphatic heterocycles. The van der Waals surface area contributed by atoms with Gasteiger partial charge in [-0.15, -0.1) is 11.3 Å². The van der Waals surface area contributed by atoms with Crippen LogP contribution < -0.4 is 0 Å². The Bertz CT molecular complexity index is 545. The SMILES string of the molecule is CCOCC1CN(CCc2ccc(-c3ccccc3)s2)C1. The lowest BCUT2D eigenvalue weighted by Gasteiger charge is -2.39. The van der Waals surface area contributed by atoms with Crippen LogP contribution in [0.2, 0.25) is 0 Å². The van der Waals surface area contributed by atoms with E-state index in [0.29, 0.717) is 0 Å². The van der Waals surface area contributed by atoms with Crippen molar-refractivity contribution in [1.29, 1.82) is 0 Å². The average Bonchev–Trinajstić information content (AvgIpc) is 2.95. The van der Waals surface area contributed by atoms with Gasteiger partial charge in [0.1, 0.15) is 0 Å². The predicted octanol–water partition coefficient (Wildman–Crippen LogP) is 3.93. The van der Waals surface area contributed by atoms with Gasteiger partial charge in [-0.25, -0.2) is 0 Å². The summed E-state index contributed by atoms with van der Waals surface area (Å²) in [7, 11) is 0. The van der Waals surface area contributed by atoms with E-state index in [4.69, 9.17) is 4.74 Å². The average molecular weight is 301 g/mol. The third-order valence-electron chi connectivity index (χ3n) is 3.98. The first-order valence-electron chi connectivity index (χ1n) is 7.79. The standard InChI is InChI=1S/C18H23NOS/c1-2-20-14-15-12-19(13-15)11-10-17-8-9-18(21-17)16-6-4-3-5-7-16/h3-9,15H,2,10-14H2,1H3. The zero-order chi connectivity index (χ0) is 14.5. The molecule has 1 saturated heterocycles. The molecular weight excluding hydrogens is 278 g/mol. The van der Waals surface area contributed by atoms with Crippen LogP contribution in [0.1, 0.15) is 11.8 Å². The van der Waals surface area contributed by atoms with Gasteiger partial charge in [-0.3, -0.25) is 0 Å². The van der Waals surface area contributed by atoms with E-state index in [9.17, 15) is 0 Å². The van der Waals surface area contributed by atoms with Crippen molar-refractivity contribution < 1.29 is 4.74 Å². The van der Waals surface area contributed by atoms with Crippen LogP contribution >= 0.6 is 11.3 Å². The second kappa shape index (κ2) is 7.21. The normalized spacial score (nSPS) is 16.0. The van der Waals surface area contributed by atoms with E-state index in [1.54, 1.807) is 0 Å². The van der Waals surface area contributed by atoms with Gasteiger partial charge in [0, 0.05) is 41.9 Å². The minimum absolute atomic E-state index is 0.758. The van der Waals surface area contributed by atoms with Crippen LogP contribution in [0.3, 0.4) is 0 Å². The van der Waals surface area contributed by atoms with Gasteiger partial charge in [0.05, 0.1) is 6.61 Å². The summed E-state index contributed by atoms with van der Waals surface area (Å²) >= 11 is 1.93. The minimum atomic E-state index is 0.758. The first-order valence-corrected chi connectivity index (χ1v) is 8.61. The van der Waals surface area contributed by atoms with Crippen LogP contribution in [0.15, 0.2) is 42.5 Å². The number of likely N-dealkylation sites (tertiary alicyclic amines) is 1. The lowest BCUT2D eigenvalue weighted by molar-refractivity contribution is 0.0197. The van der Waals surface area contributed by atoms with Crippen LogP contribution in [0.5, 0.6) is 0 Å². The molecule has 112 valence electrons. The molecule has 1 fully saturated rings. The van der Waals surface area contributed by atoms with Gasteiger partial charge < -0.3 is 9.64 Å². The molecule has 21 heavy (non-hydrogen) atoms. The Hall–Kier alpha value is -1.16. The molecule has 0 amide bonds. The lowest BCUT2D eigenvalue weighted by Crippen LogP contribution is -2.49. The van der Waals surface area contributed by atoms with Crippen molar-refractivity contribution in [3.63, 3.8) is 0 Å². The highest BCUT2D eigenvalue weighted by Crippen LogP contribution is 2.28. The number of nitrogens with zero attached hydrogens (tertiary/aromatic N) is 1. The smallest absolute Gasteiger partial charge is 0.0518 e. The summed E-state index contributed by atoms with van der Waals surface area (Å²) in [6.45, 7) is 7.43. The first-order chi connectivity index (χ1) is 10.3. The zero-order valence-corrected chi connectivity index (χ0v) is 13.4. The zero-order valence-electron chi connectivity index (χ0n) is 12.6. The fourth-order valence-corrected chi connectivity index (χ4v) is 3.79. The van der Waals surface area contributed by atoms with Crippen LogP contribution in [0.25, 0.3) is 10.4 Å². The van der Waals surface area contributed by atoms with E-state index in [2.05, 4.69) is 54.3 Å². The van der Waals surface area contributed by atoms with Crippen molar-refractivity contribution in [2.75, 3.05) is 32.8 Å². The van der Waals surface area contributed by atoms with Gasteiger partial charge >= 0.3 is 0 Å². The summed E-state index contributed by atoms with van der Waals surface area (Å²) in [5, 5.41) is 0. The molecule has 2 aromatic rings. The minimum Gasteiger partial charge on any atom is -0.381 e. The Kier molecular flexibility index (Phi) is 5.07. The van der Waals surface area contributed by atoms with E-state index in [0.717, 1.165) is 19.1 Å². The highest BCUT2D eigenvalue weighted by Gasteiger charge is 2.26. The summed E-state index contributed by atoms with van der Waals surface area (Å²) < 4.78 is 5.48. The van der Waals surface area contributed by atoms with Crippen molar-refractivity contribution >= 4 is 11.3 Å². The molecule has 1 aromatic carbocycles. The van der Waals surface area contributed by atoms with Crippen LogP contribution in [0, 0.1) is 5.92 Å². The maximum absolute atomic E-state index is 5.48. The molecule has 0 aliphatic carbocycles. The van der Waals surface area contributed by atoms with E-state index in [-0.39, 0.29) is 0 Å². The molecule has 0 bridgehead atoms. The van der Waals surface area contributed by atoms with Crippen molar-refractivity contribution in [3.05, 3.63) is 47.3 Å². The molecule has 1 aromatic heterocycles.